The van der Waals surface area contributed by atoms with Crippen LogP contribution in [0.1, 0.15) is 36.8 Å². The summed E-state index contributed by atoms with van der Waals surface area (Å²) in [6, 6.07) is 7.75. The van der Waals surface area contributed by atoms with Crippen LogP contribution in [0.4, 0.5) is 0 Å². The van der Waals surface area contributed by atoms with Crippen LogP contribution in [0.2, 0.25) is 0 Å². The van der Waals surface area contributed by atoms with Gasteiger partial charge in [-0.15, -0.1) is 0 Å². The van der Waals surface area contributed by atoms with Gasteiger partial charge in [0.1, 0.15) is 5.75 Å². The summed E-state index contributed by atoms with van der Waals surface area (Å²) in [5.74, 6) is 0.244. The number of aromatic amines is 1. The molecule has 128 valence electrons. The Kier molecular flexibility index (Phi) is 5.66. The molecule has 0 amide bonds. The van der Waals surface area contributed by atoms with E-state index in [4.69, 9.17) is 9.84 Å². The Morgan fingerprint density at radius 3 is 2.54 bits per heavy atom. The van der Waals surface area contributed by atoms with Gasteiger partial charge in [-0.2, -0.15) is 0 Å². The molecule has 6 nitrogen and oxygen atoms in total. The first kappa shape index (κ1) is 18.1. The fourth-order valence-corrected chi connectivity index (χ4v) is 2.58. The number of ether oxygens (including phenoxy) is 1. The van der Waals surface area contributed by atoms with E-state index in [2.05, 4.69) is 9.97 Å². The molecule has 0 saturated carbocycles. The van der Waals surface area contributed by atoms with E-state index in [1.54, 1.807) is 12.1 Å². The number of aromatic carboxylic acids is 1. The lowest BCUT2D eigenvalue weighted by Crippen LogP contribution is -2.20. The third kappa shape index (κ3) is 5.13. The van der Waals surface area contributed by atoms with Crippen LogP contribution in [0.15, 0.2) is 40.3 Å². The van der Waals surface area contributed by atoms with Gasteiger partial charge in [-0.3, -0.25) is 4.79 Å². The van der Waals surface area contributed by atoms with Crippen molar-refractivity contribution in [1.82, 2.24) is 9.97 Å². The van der Waals surface area contributed by atoms with Crippen molar-refractivity contribution in [2.45, 2.75) is 31.3 Å². The molecule has 1 aromatic carbocycles. The molecule has 1 heterocycles. The molecular formula is C17H20N2O4S. The minimum absolute atomic E-state index is 0.164. The van der Waals surface area contributed by atoms with E-state index < -0.39 is 5.97 Å². The molecule has 2 aromatic rings. The van der Waals surface area contributed by atoms with Gasteiger partial charge in [-0.25, -0.2) is 9.78 Å². The fraction of sp³-hybridized carbons (Fsp3) is 0.353. The molecule has 0 spiro atoms. The van der Waals surface area contributed by atoms with Crippen molar-refractivity contribution < 1.29 is 14.6 Å². The minimum Gasteiger partial charge on any atom is -0.493 e. The second-order valence-electron chi connectivity index (χ2n) is 6.21. The number of carbonyl (C=O) groups is 1. The van der Waals surface area contributed by atoms with Crippen LogP contribution < -0.4 is 10.3 Å². The maximum atomic E-state index is 11.7. The monoisotopic (exact) mass is 348 g/mol. The van der Waals surface area contributed by atoms with Crippen molar-refractivity contribution >= 4 is 17.7 Å². The molecule has 0 fully saturated rings. The van der Waals surface area contributed by atoms with E-state index in [-0.39, 0.29) is 16.5 Å². The molecule has 0 aliphatic carbocycles. The summed E-state index contributed by atoms with van der Waals surface area (Å²) in [7, 11) is 0. The lowest BCUT2D eigenvalue weighted by atomic mass is 9.92. The number of hydrogen-bond donors (Lipinski definition) is 2. The number of benzene rings is 1. The van der Waals surface area contributed by atoms with Gasteiger partial charge in [0.05, 0.1) is 17.9 Å². The lowest BCUT2D eigenvalue weighted by molar-refractivity contribution is 0.0697. The van der Waals surface area contributed by atoms with Gasteiger partial charge in [-0.05, 0) is 24.3 Å². The molecule has 1 aromatic heterocycles. The molecule has 0 unspecified atom stereocenters. The first-order valence-corrected chi connectivity index (χ1v) is 8.45. The van der Waals surface area contributed by atoms with Crippen LogP contribution in [0.25, 0.3) is 0 Å². The number of carboxylic acids is 1. The smallest absolute Gasteiger partial charge is 0.335 e. The Morgan fingerprint density at radius 2 is 1.96 bits per heavy atom. The second kappa shape index (κ2) is 7.53. The van der Waals surface area contributed by atoms with Gasteiger partial charge in [0.15, 0.2) is 5.16 Å². The molecule has 0 aliphatic heterocycles. The van der Waals surface area contributed by atoms with E-state index in [0.29, 0.717) is 23.3 Å². The topological polar surface area (TPSA) is 92.3 Å². The zero-order valence-corrected chi connectivity index (χ0v) is 14.6. The average Bonchev–Trinajstić information content (AvgIpc) is 2.50. The number of hydrogen-bond acceptors (Lipinski definition) is 5. The van der Waals surface area contributed by atoms with Gasteiger partial charge in [-0.1, -0.05) is 32.5 Å². The van der Waals surface area contributed by atoms with Gasteiger partial charge in [0.25, 0.3) is 5.56 Å². The Hall–Kier alpha value is -2.28. The summed E-state index contributed by atoms with van der Waals surface area (Å²) in [5, 5.41) is 9.40. The van der Waals surface area contributed by atoms with Gasteiger partial charge in [0, 0.05) is 17.2 Å². The van der Waals surface area contributed by atoms with Gasteiger partial charge >= 0.3 is 5.97 Å². The number of nitrogens with one attached hydrogen (secondary N) is 1. The number of nitrogens with zero attached hydrogens (tertiary/aromatic N) is 1. The summed E-state index contributed by atoms with van der Waals surface area (Å²) in [4.78, 5) is 29.7. The predicted octanol–water partition coefficient (Wildman–Crippen LogP) is 2.94. The number of thioether (sulfide) groups is 1. The minimum atomic E-state index is -0.967. The molecule has 0 aliphatic rings. The third-order valence-corrected chi connectivity index (χ3v) is 4.02. The molecule has 0 atom stereocenters. The van der Waals surface area contributed by atoms with Crippen molar-refractivity contribution in [3.63, 3.8) is 0 Å². The summed E-state index contributed by atoms with van der Waals surface area (Å²) >= 11 is 1.41. The summed E-state index contributed by atoms with van der Waals surface area (Å²) < 4.78 is 5.56. The van der Waals surface area contributed by atoms with Gasteiger partial charge < -0.3 is 14.8 Å². The first-order valence-electron chi connectivity index (χ1n) is 7.46. The van der Waals surface area contributed by atoms with Crippen LogP contribution in [0.5, 0.6) is 5.75 Å². The molecule has 7 heteroatoms. The van der Waals surface area contributed by atoms with E-state index in [0.717, 1.165) is 5.69 Å². The first-order chi connectivity index (χ1) is 11.3. The Labute approximate surface area is 144 Å². The van der Waals surface area contributed by atoms with Crippen LogP contribution in [0, 0.1) is 0 Å². The maximum Gasteiger partial charge on any atom is 0.335 e. The number of rotatable bonds is 6. The van der Waals surface area contributed by atoms with Crippen LogP contribution >= 0.6 is 11.8 Å². The number of H-pyrrole nitrogens is 1. The van der Waals surface area contributed by atoms with E-state index in [1.807, 2.05) is 20.8 Å². The quantitative estimate of drug-likeness (QED) is 0.474. The summed E-state index contributed by atoms with van der Waals surface area (Å²) in [6.07, 6.45) is 0. The van der Waals surface area contributed by atoms with E-state index >= 15 is 0 Å². The van der Waals surface area contributed by atoms with Crippen molar-refractivity contribution in [3.8, 4) is 5.75 Å². The number of carboxylic acid groups (broad SMARTS) is 1. The van der Waals surface area contributed by atoms with Crippen molar-refractivity contribution in [3.05, 3.63) is 51.9 Å². The highest BCUT2D eigenvalue weighted by Crippen LogP contribution is 2.21. The van der Waals surface area contributed by atoms with Crippen LogP contribution in [0.3, 0.4) is 0 Å². The SMILES string of the molecule is CC(C)(C)c1cc(=O)[nH]c(SCCOc2ccc(C(=O)O)cc2)n1. The molecule has 0 saturated heterocycles. The second-order valence-corrected chi connectivity index (χ2v) is 7.30. The summed E-state index contributed by atoms with van der Waals surface area (Å²) in [6.45, 7) is 6.44. The highest BCUT2D eigenvalue weighted by molar-refractivity contribution is 7.99. The standard InChI is InChI=1S/C17H20N2O4S/c1-17(2,3)13-10-14(20)19-16(18-13)24-9-8-23-12-6-4-11(5-7-12)15(21)22/h4-7,10H,8-9H2,1-3H3,(H,21,22)(H,18,19,20). The summed E-state index contributed by atoms with van der Waals surface area (Å²) in [5.41, 5.74) is 0.616. The average molecular weight is 348 g/mol. The normalized spacial score (nSPS) is 11.3. The maximum absolute atomic E-state index is 11.7. The highest BCUT2D eigenvalue weighted by atomic mass is 32.2. The van der Waals surface area contributed by atoms with Crippen molar-refractivity contribution in [2.75, 3.05) is 12.4 Å². The fourth-order valence-electron chi connectivity index (χ4n) is 1.88. The van der Waals surface area contributed by atoms with Crippen molar-refractivity contribution in [1.29, 1.82) is 0 Å². The van der Waals surface area contributed by atoms with E-state index in [9.17, 15) is 9.59 Å². The molecule has 2 rings (SSSR count). The molecular weight excluding hydrogens is 328 g/mol. The molecule has 0 radical (unpaired) electrons. The van der Waals surface area contributed by atoms with Gasteiger partial charge in [0.2, 0.25) is 0 Å². The Bertz CT molecular complexity index is 763. The van der Waals surface area contributed by atoms with Crippen molar-refractivity contribution in [2.24, 2.45) is 0 Å². The lowest BCUT2D eigenvalue weighted by Gasteiger charge is -2.17. The highest BCUT2D eigenvalue weighted by Gasteiger charge is 2.17. The van der Waals surface area contributed by atoms with E-state index in [1.165, 1.54) is 30.0 Å². The zero-order valence-electron chi connectivity index (χ0n) is 13.8. The van der Waals surface area contributed by atoms with Crippen LogP contribution in [-0.4, -0.2) is 33.4 Å². The van der Waals surface area contributed by atoms with Crippen LogP contribution in [-0.2, 0) is 5.41 Å². The number of aromatic nitrogens is 2. The molecule has 2 N–H and O–H groups in total. The third-order valence-electron chi connectivity index (χ3n) is 3.18. The molecule has 0 bridgehead atoms. The Balaban J connectivity index is 1.89. The Morgan fingerprint density at radius 1 is 1.29 bits per heavy atom. The zero-order chi connectivity index (χ0) is 17.7. The largest absolute Gasteiger partial charge is 0.493 e. The molecule has 24 heavy (non-hydrogen) atoms. The predicted molar refractivity (Wildman–Crippen MR) is 93.2 cm³/mol.